The second-order valence-corrected chi connectivity index (χ2v) is 8.01. The molecule has 9 heteroatoms. The van der Waals surface area contributed by atoms with Crippen LogP contribution in [-0.4, -0.2) is 32.7 Å². The van der Waals surface area contributed by atoms with Crippen LogP contribution in [0, 0.1) is 5.92 Å². The first-order chi connectivity index (χ1) is 16.0. The molecule has 1 fully saturated rings. The van der Waals surface area contributed by atoms with E-state index >= 15 is 0 Å². The minimum absolute atomic E-state index is 0.232. The van der Waals surface area contributed by atoms with Crippen molar-refractivity contribution in [3.63, 3.8) is 0 Å². The Bertz CT molecular complexity index is 1480. The number of hydrogen-bond acceptors (Lipinski definition) is 7. The number of ether oxygens (including phenoxy) is 1. The van der Waals surface area contributed by atoms with Gasteiger partial charge in [-0.05, 0) is 44.2 Å². The molecular weight excluding hydrogens is 422 g/mol. The summed E-state index contributed by atoms with van der Waals surface area (Å²) in [6.07, 6.45) is 2.65. The second-order valence-electron chi connectivity index (χ2n) is 8.01. The van der Waals surface area contributed by atoms with Crippen LogP contribution in [0.4, 0.5) is 0 Å². The van der Waals surface area contributed by atoms with Crippen LogP contribution in [0.1, 0.15) is 20.0 Å². The van der Waals surface area contributed by atoms with Crippen LogP contribution in [0.5, 0.6) is 0 Å². The van der Waals surface area contributed by atoms with Gasteiger partial charge in [-0.25, -0.2) is 10.4 Å². The van der Waals surface area contributed by atoms with E-state index in [1.165, 1.54) is 9.13 Å². The number of para-hydroxylation sites is 1. The number of carbonyl (C=O) groups is 1. The SMILES string of the molecule is CCOC(=O)C1C(C)NNC1n1ccc2nc3ccn(-c4ccccc4)c(=O)c3cc2c1=O. The first-order valence-corrected chi connectivity index (χ1v) is 10.8. The number of fused-ring (bicyclic) bond motifs is 2. The van der Waals surface area contributed by atoms with Gasteiger partial charge >= 0.3 is 5.97 Å². The topological polar surface area (TPSA) is 107 Å². The van der Waals surface area contributed by atoms with Crippen molar-refractivity contribution >= 4 is 27.8 Å². The van der Waals surface area contributed by atoms with E-state index in [1.807, 2.05) is 37.3 Å². The fraction of sp³-hybridized carbons (Fsp3) is 0.250. The molecule has 0 spiro atoms. The summed E-state index contributed by atoms with van der Waals surface area (Å²) in [5, 5.41) is 0.647. The fourth-order valence-electron chi connectivity index (χ4n) is 4.33. The highest BCUT2D eigenvalue weighted by molar-refractivity contribution is 5.91. The Morgan fingerprint density at radius 1 is 1.00 bits per heavy atom. The quantitative estimate of drug-likeness (QED) is 0.365. The lowest BCUT2D eigenvalue weighted by Crippen LogP contribution is -2.38. The average Bonchev–Trinajstić information content (AvgIpc) is 3.21. The molecule has 0 bridgehead atoms. The van der Waals surface area contributed by atoms with Gasteiger partial charge in [0.2, 0.25) is 0 Å². The summed E-state index contributed by atoms with van der Waals surface area (Å²) in [5.74, 6) is -0.981. The lowest BCUT2D eigenvalue weighted by molar-refractivity contribution is -0.149. The molecular formula is C24H23N5O4. The third-order valence-electron chi connectivity index (χ3n) is 6.00. The zero-order chi connectivity index (χ0) is 23.1. The molecule has 1 aromatic carbocycles. The number of benzene rings is 1. The molecule has 0 aliphatic carbocycles. The molecule has 1 aliphatic heterocycles. The van der Waals surface area contributed by atoms with Crippen LogP contribution in [0.25, 0.3) is 27.5 Å². The van der Waals surface area contributed by atoms with Gasteiger partial charge < -0.3 is 4.74 Å². The van der Waals surface area contributed by atoms with E-state index in [1.54, 1.807) is 37.5 Å². The summed E-state index contributed by atoms with van der Waals surface area (Å²) >= 11 is 0. The molecule has 2 N–H and O–H groups in total. The Morgan fingerprint density at radius 2 is 1.70 bits per heavy atom. The molecule has 3 aromatic heterocycles. The van der Waals surface area contributed by atoms with E-state index in [0.29, 0.717) is 21.8 Å². The molecule has 33 heavy (non-hydrogen) atoms. The minimum atomic E-state index is -0.636. The standard InChI is InChI=1S/C24H23N5O4/c1-3-33-24(32)20-14(2)26-27-21(20)29-12-10-19-17(23(29)31)13-16-18(25-19)9-11-28(22(16)30)15-7-5-4-6-8-15/h4-14,20-21,26-27H,3H2,1-2H3. The number of nitrogens with zero attached hydrogens (tertiary/aromatic N) is 3. The summed E-state index contributed by atoms with van der Waals surface area (Å²) in [6.45, 7) is 3.85. The first-order valence-electron chi connectivity index (χ1n) is 10.8. The molecule has 0 saturated carbocycles. The highest BCUT2D eigenvalue weighted by Gasteiger charge is 2.41. The molecule has 5 rings (SSSR count). The van der Waals surface area contributed by atoms with Crippen LogP contribution < -0.4 is 22.0 Å². The van der Waals surface area contributed by atoms with Crippen LogP contribution >= 0.6 is 0 Å². The number of hydrogen-bond donors (Lipinski definition) is 2. The zero-order valence-corrected chi connectivity index (χ0v) is 18.2. The second kappa shape index (κ2) is 8.27. The maximum Gasteiger partial charge on any atom is 0.314 e. The van der Waals surface area contributed by atoms with Crippen molar-refractivity contribution in [1.29, 1.82) is 0 Å². The molecule has 3 unspecified atom stereocenters. The van der Waals surface area contributed by atoms with Gasteiger partial charge in [-0.2, -0.15) is 0 Å². The van der Waals surface area contributed by atoms with Crippen molar-refractivity contribution in [2.75, 3.05) is 6.61 Å². The van der Waals surface area contributed by atoms with Gasteiger partial charge in [-0.3, -0.25) is 28.9 Å². The molecule has 168 valence electrons. The minimum Gasteiger partial charge on any atom is -0.466 e. The van der Waals surface area contributed by atoms with Crippen LogP contribution in [0.15, 0.2) is 70.5 Å². The largest absolute Gasteiger partial charge is 0.466 e. The third kappa shape index (κ3) is 3.51. The van der Waals surface area contributed by atoms with Gasteiger partial charge in [0.15, 0.2) is 0 Å². The number of aromatic nitrogens is 3. The molecule has 1 aliphatic rings. The molecule has 3 atom stereocenters. The van der Waals surface area contributed by atoms with Gasteiger partial charge in [0.25, 0.3) is 11.1 Å². The normalized spacial score (nSPS) is 20.4. The average molecular weight is 445 g/mol. The molecule has 0 radical (unpaired) electrons. The molecule has 0 amide bonds. The highest BCUT2D eigenvalue weighted by atomic mass is 16.5. The van der Waals surface area contributed by atoms with Gasteiger partial charge in [-0.1, -0.05) is 18.2 Å². The number of carbonyl (C=O) groups excluding carboxylic acids is 1. The number of hydrazine groups is 1. The lowest BCUT2D eigenvalue weighted by atomic mass is 10.00. The summed E-state index contributed by atoms with van der Waals surface area (Å²) in [5.41, 5.74) is 7.14. The van der Waals surface area contributed by atoms with E-state index in [9.17, 15) is 14.4 Å². The Morgan fingerprint density at radius 3 is 2.42 bits per heavy atom. The Kier molecular flexibility index (Phi) is 5.27. The Hall–Kier alpha value is -3.82. The van der Waals surface area contributed by atoms with Gasteiger partial charge in [0.05, 0.1) is 28.4 Å². The predicted molar refractivity (Wildman–Crippen MR) is 124 cm³/mol. The molecule has 9 nitrogen and oxygen atoms in total. The zero-order valence-electron chi connectivity index (χ0n) is 18.2. The van der Waals surface area contributed by atoms with Crippen molar-refractivity contribution in [3.05, 3.63) is 81.6 Å². The monoisotopic (exact) mass is 445 g/mol. The lowest BCUT2D eigenvalue weighted by Gasteiger charge is -2.21. The summed E-state index contributed by atoms with van der Waals surface area (Å²) < 4.78 is 8.19. The number of pyridine rings is 3. The van der Waals surface area contributed by atoms with Gasteiger partial charge in [0.1, 0.15) is 12.1 Å². The Labute approximate surface area is 188 Å². The van der Waals surface area contributed by atoms with Crippen molar-refractivity contribution < 1.29 is 9.53 Å². The van der Waals surface area contributed by atoms with Crippen molar-refractivity contribution in [2.45, 2.75) is 26.1 Å². The highest BCUT2D eigenvalue weighted by Crippen LogP contribution is 2.25. The summed E-state index contributed by atoms with van der Waals surface area (Å²) in [6, 6.07) is 14.1. The summed E-state index contributed by atoms with van der Waals surface area (Å²) in [7, 11) is 0. The van der Waals surface area contributed by atoms with E-state index in [2.05, 4.69) is 15.8 Å². The molecule has 4 heterocycles. The maximum absolute atomic E-state index is 13.5. The van der Waals surface area contributed by atoms with Gasteiger partial charge in [0, 0.05) is 24.1 Å². The van der Waals surface area contributed by atoms with Crippen LogP contribution in [0.2, 0.25) is 0 Å². The molecule has 4 aromatic rings. The number of esters is 1. The summed E-state index contributed by atoms with van der Waals surface area (Å²) in [4.78, 5) is 43.7. The third-order valence-corrected chi connectivity index (χ3v) is 6.00. The number of rotatable bonds is 4. The van der Waals surface area contributed by atoms with Crippen molar-refractivity contribution in [1.82, 2.24) is 25.0 Å². The predicted octanol–water partition coefficient (Wildman–Crippen LogP) is 1.87. The number of nitrogens with one attached hydrogen (secondary N) is 2. The van der Waals surface area contributed by atoms with Crippen LogP contribution in [0.3, 0.4) is 0 Å². The smallest absolute Gasteiger partial charge is 0.314 e. The first kappa shape index (κ1) is 21.0. The van der Waals surface area contributed by atoms with Gasteiger partial charge in [-0.15, -0.1) is 0 Å². The fourth-order valence-corrected chi connectivity index (χ4v) is 4.33. The maximum atomic E-state index is 13.5. The van der Waals surface area contributed by atoms with E-state index in [-0.39, 0.29) is 29.7 Å². The Balaban J connectivity index is 1.66. The van der Waals surface area contributed by atoms with Crippen LogP contribution in [-0.2, 0) is 9.53 Å². The van der Waals surface area contributed by atoms with Crippen molar-refractivity contribution in [3.8, 4) is 5.69 Å². The van der Waals surface area contributed by atoms with Crippen molar-refractivity contribution in [2.24, 2.45) is 5.92 Å². The molecule has 1 saturated heterocycles. The van der Waals surface area contributed by atoms with E-state index in [0.717, 1.165) is 5.69 Å². The van der Waals surface area contributed by atoms with E-state index in [4.69, 9.17) is 4.74 Å². The van der Waals surface area contributed by atoms with E-state index < -0.39 is 12.1 Å².